The van der Waals surface area contributed by atoms with Crippen LogP contribution in [0.25, 0.3) is 0 Å². The molecule has 0 aliphatic heterocycles. The highest BCUT2D eigenvalue weighted by atomic mass is 35.5. The van der Waals surface area contributed by atoms with Crippen molar-refractivity contribution in [1.29, 1.82) is 0 Å². The number of carbonyl (C=O) groups excluding carboxylic acids is 1. The Bertz CT molecular complexity index is 783. The highest BCUT2D eigenvalue weighted by Gasteiger charge is 2.20. The lowest BCUT2D eigenvalue weighted by Crippen LogP contribution is -2.37. The zero-order valence-corrected chi connectivity index (χ0v) is 14.8. The lowest BCUT2D eigenvalue weighted by Gasteiger charge is -2.17. The smallest absolute Gasteiger partial charge is 0.335 e. The molecule has 132 valence electrons. The van der Waals surface area contributed by atoms with Crippen molar-refractivity contribution in [2.45, 2.75) is 26.0 Å². The Kier molecular flexibility index (Phi) is 6.61. The van der Waals surface area contributed by atoms with E-state index in [1.807, 2.05) is 0 Å². The van der Waals surface area contributed by atoms with E-state index in [2.05, 4.69) is 10.3 Å². The van der Waals surface area contributed by atoms with Crippen molar-refractivity contribution in [3.05, 3.63) is 57.7 Å². The number of carboxylic acids is 1. The first kappa shape index (κ1) is 19.0. The first-order valence-corrected chi connectivity index (χ1v) is 8.24. The zero-order valence-electron chi connectivity index (χ0n) is 13.3. The van der Waals surface area contributed by atoms with Crippen LogP contribution in [0.5, 0.6) is 5.88 Å². The summed E-state index contributed by atoms with van der Waals surface area (Å²) in [4.78, 5) is 27.2. The van der Waals surface area contributed by atoms with E-state index in [1.54, 1.807) is 19.1 Å². The number of hydrogen-bond acceptors (Lipinski definition) is 4. The van der Waals surface area contributed by atoms with Gasteiger partial charge in [0.2, 0.25) is 5.88 Å². The van der Waals surface area contributed by atoms with Gasteiger partial charge in [0, 0.05) is 12.7 Å². The van der Waals surface area contributed by atoms with Gasteiger partial charge in [0.25, 0.3) is 5.91 Å². The van der Waals surface area contributed by atoms with Crippen LogP contribution in [0.3, 0.4) is 0 Å². The van der Waals surface area contributed by atoms with Crippen molar-refractivity contribution in [2.24, 2.45) is 0 Å². The summed E-state index contributed by atoms with van der Waals surface area (Å²) in [5.41, 5.74) is 0.831. The van der Waals surface area contributed by atoms with Crippen LogP contribution in [0, 0.1) is 0 Å². The van der Waals surface area contributed by atoms with Gasteiger partial charge in [-0.2, -0.15) is 0 Å². The maximum Gasteiger partial charge on any atom is 0.335 e. The first-order valence-electron chi connectivity index (χ1n) is 7.48. The van der Waals surface area contributed by atoms with E-state index < -0.39 is 12.1 Å². The number of aromatic nitrogens is 1. The van der Waals surface area contributed by atoms with E-state index in [4.69, 9.17) is 33.0 Å². The average Bonchev–Trinajstić information content (AvgIpc) is 2.59. The minimum atomic E-state index is -1.02. The van der Waals surface area contributed by atoms with Crippen LogP contribution in [0.1, 0.15) is 29.3 Å². The molecule has 0 radical (unpaired) electrons. The van der Waals surface area contributed by atoms with Crippen LogP contribution in [-0.2, 0) is 11.3 Å². The molecule has 1 amide bonds. The molecule has 25 heavy (non-hydrogen) atoms. The summed E-state index contributed by atoms with van der Waals surface area (Å²) in [5, 5.41) is 12.3. The van der Waals surface area contributed by atoms with Gasteiger partial charge in [0.1, 0.15) is 5.02 Å². The third kappa shape index (κ3) is 5.34. The SMILES string of the molecule is CCC(Oc1ncc(Cl)cc1Cl)C(=O)NCc1cccc(C(=O)O)c1. The van der Waals surface area contributed by atoms with Crippen LogP contribution >= 0.6 is 23.2 Å². The summed E-state index contributed by atoms with van der Waals surface area (Å²) < 4.78 is 5.55. The summed E-state index contributed by atoms with van der Waals surface area (Å²) >= 11 is 11.8. The fraction of sp³-hybridized carbons (Fsp3) is 0.235. The van der Waals surface area contributed by atoms with Crippen molar-refractivity contribution in [2.75, 3.05) is 0 Å². The number of amides is 1. The largest absolute Gasteiger partial charge is 0.478 e. The van der Waals surface area contributed by atoms with E-state index in [0.29, 0.717) is 17.0 Å². The van der Waals surface area contributed by atoms with Crippen molar-refractivity contribution >= 4 is 35.1 Å². The molecule has 0 aliphatic carbocycles. The van der Waals surface area contributed by atoms with Gasteiger partial charge in [0.05, 0.1) is 10.6 Å². The first-order chi connectivity index (χ1) is 11.9. The lowest BCUT2D eigenvalue weighted by atomic mass is 10.1. The number of rotatable bonds is 7. The maximum absolute atomic E-state index is 12.3. The zero-order chi connectivity index (χ0) is 18.4. The molecule has 1 heterocycles. The number of ether oxygens (including phenoxy) is 1. The van der Waals surface area contributed by atoms with Gasteiger partial charge in [-0.3, -0.25) is 4.79 Å². The van der Waals surface area contributed by atoms with E-state index in [1.165, 1.54) is 24.4 Å². The second-order valence-electron chi connectivity index (χ2n) is 5.18. The summed E-state index contributed by atoms with van der Waals surface area (Å²) in [7, 11) is 0. The predicted molar refractivity (Wildman–Crippen MR) is 94.2 cm³/mol. The van der Waals surface area contributed by atoms with Crippen LogP contribution < -0.4 is 10.1 Å². The number of hydrogen-bond donors (Lipinski definition) is 2. The van der Waals surface area contributed by atoms with Crippen LogP contribution in [0.4, 0.5) is 0 Å². The number of aromatic carboxylic acids is 1. The fourth-order valence-electron chi connectivity index (χ4n) is 2.06. The number of halogens is 2. The minimum absolute atomic E-state index is 0.126. The number of carbonyl (C=O) groups is 2. The van der Waals surface area contributed by atoms with Crippen molar-refractivity contribution in [3.8, 4) is 5.88 Å². The molecule has 0 spiro atoms. The minimum Gasteiger partial charge on any atom is -0.478 e. The number of nitrogens with one attached hydrogen (secondary N) is 1. The van der Waals surface area contributed by atoms with Gasteiger partial charge >= 0.3 is 5.97 Å². The number of nitrogens with zero attached hydrogens (tertiary/aromatic N) is 1. The van der Waals surface area contributed by atoms with Gasteiger partial charge in [-0.05, 0) is 30.2 Å². The normalized spacial score (nSPS) is 11.6. The number of pyridine rings is 1. The molecule has 2 rings (SSSR count). The molecule has 8 heteroatoms. The third-order valence-electron chi connectivity index (χ3n) is 3.33. The van der Waals surface area contributed by atoms with Gasteiger partial charge in [-0.25, -0.2) is 9.78 Å². The van der Waals surface area contributed by atoms with Crippen LogP contribution in [-0.4, -0.2) is 28.1 Å². The molecule has 0 saturated heterocycles. The molecular weight excluding hydrogens is 367 g/mol. The highest BCUT2D eigenvalue weighted by Crippen LogP contribution is 2.25. The van der Waals surface area contributed by atoms with Crippen LogP contribution in [0.2, 0.25) is 10.0 Å². The molecule has 1 aromatic carbocycles. The predicted octanol–water partition coefficient (Wildman–Crippen LogP) is 3.56. The summed E-state index contributed by atoms with van der Waals surface area (Å²) in [6.45, 7) is 1.97. The fourth-order valence-corrected chi connectivity index (χ4v) is 2.49. The van der Waals surface area contributed by atoms with Crippen molar-refractivity contribution in [3.63, 3.8) is 0 Å². The Balaban J connectivity index is 2.00. The van der Waals surface area contributed by atoms with E-state index in [9.17, 15) is 9.59 Å². The third-order valence-corrected chi connectivity index (χ3v) is 3.81. The average molecular weight is 383 g/mol. The van der Waals surface area contributed by atoms with Gasteiger partial charge < -0.3 is 15.2 Å². The molecule has 1 atom stereocenters. The topological polar surface area (TPSA) is 88.5 Å². The Morgan fingerprint density at radius 1 is 1.32 bits per heavy atom. The highest BCUT2D eigenvalue weighted by molar-refractivity contribution is 6.35. The second-order valence-corrected chi connectivity index (χ2v) is 6.02. The maximum atomic E-state index is 12.3. The molecular formula is C17H16Cl2N2O4. The summed E-state index contributed by atoms with van der Waals surface area (Å²) in [5.74, 6) is -1.25. The second kappa shape index (κ2) is 8.69. The standard InChI is InChI=1S/C17H16Cl2N2O4/c1-2-14(25-16-13(19)7-12(18)9-21-16)15(22)20-8-10-4-3-5-11(6-10)17(23)24/h3-7,9,14H,2,8H2,1H3,(H,20,22)(H,23,24). The molecule has 1 aromatic heterocycles. The van der Waals surface area contributed by atoms with E-state index in [-0.39, 0.29) is 28.9 Å². The molecule has 6 nitrogen and oxygen atoms in total. The molecule has 0 saturated carbocycles. The molecule has 2 aromatic rings. The Morgan fingerprint density at radius 3 is 2.72 bits per heavy atom. The van der Waals surface area contributed by atoms with E-state index in [0.717, 1.165) is 0 Å². The Morgan fingerprint density at radius 2 is 2.08 bits per heavy atom. The van der Waals surface area contributed by atoms with Crippen LogP contribution in [0.15, 0.2) is 36.5 Å². The van der Waals surface area contributed by atoms with E-state index >= 15 is 0 Å². The van der Waals surface area contributed by atoms with Gasteiger partial charge in [-0.15, -0.1) is 0 Å². The lowest BCUT2D eigenvalue weighted by molar-refractivity contribution is -0.128. The molecule has 2 N–H and O–H groups in total. The Hall–Kier alpha value is -2.31. The number of carboxylic acid groups (broad SMARTS) is 1. The molecule has 1 unspecified atom stereocenters. The summed E-state index contributed by atoms with van der Waals surface area (Å²) in [6, 6.07) is 7.82. The molecule has 0 aliphatic rings. The van der Waals surface area contributed by atoms with Gasteiger partial charge in [0.15, 0.2) is 6.10 Å². The Labute approximate surface area is 154 Å². The molecule has 0 bridgehead atoms. The van der Waals surface area contributed by atoms with Crippen molar-refractivity contribution in [1.82, 2.24) is 10.3 Å². The van der Waals surface area contributed by atoms with Crippen molar-refractivity contribution < 1.29 is 19.4 Å². The molecule has 0 fully saturated rings. The summed E-state index contributed by atoms with van der Waals surface area (Å²) in [6.07, 6.45) is 1.00. The quantitative estimate of drug-likeness (QED) is 0.763. The monoisotopic (exact) mass is 382 g/mol. The van der Waals surface area contributed by atoms with Gasteiger partial charge in [-0.1, -0.05) is 42.3 Å². The number of benzene rings is 1.